The molecule has 6 nitrogen and oxygen atoms in total. The number of aromatic nitrogens is 2. The van der Waals surface area contributed by atoms with Gasteiger partial charge in [0.25, 0.3) is 0 Å². The number of benzene rings is 1. The fourth-order valence-corrected chi connectivity index (χ4v) is 3.95. The molecule has 21 heavy (non-hydrogen) atoms. The molecule has 1 heterocycles. The molecule has 2 N–H and O–H groups in total. The molecule has 0 atom stereocenters. The minimum atomic E-state index is -3.51. The van der Waals surface area contributed by atoms with Crippen LogP contribution in [0.25, 0.3) is 11.0 Å². The Morgan fingerprint density at radius 1 is 1.43 bits per heavy atom. The fourth-order valence-electron chi connectivity index (χ4n) is 2.77. The monoisotopic (exact) mass is 309 g/mol. The van der Waals surface area contributed by atoms with Gasteiger partial charge in [0, 0.05) is 19.1 Å². The molecule has 0 radical (unpaired) electrons. The first kappa shape index (κ1) is 14.5. The summed E-state index contributed by atoms with van der Waals surface area (Å²) in [4.78, 5) is 7.27. The molecule has 1 saturated carbocycles. The number of aromatic amines is 1. The molecule has 0 spiro atoms. The molecule has 1 aromatic carbocycles. The van der Waals surface area contributed by atoms with Gasteiger partial charge in [-0.05, 0) is 31.0 Å². The van der Waals surface area contributed by atoms with Crippen molar-refractivity contribution in [3.05, 3.63) is 24.5 Å². The smallest absolute Gasteiger partial charge is 0.240 e. The maximum absolute atomic E-state index is 12.4. The zero-order valence-corrected chi connectivity index (χ0v) is 12.7. The maximum atomic E-state index is 12.4. The van der Waals surface area contributed by atoms with E-state index >= 15 is 0 Å². The highest BCUT2D eigenvalue weighted by molar-refractivity contribution is 7.89. The highest BCUT2D eigenvalue weighted by Crippen LogP contribution is 2.40. The molecule has 0 saturated heterocycles. The van der Waals surface area contributed by atoms with E-state index in [1.165, 1.54) is 0 Å². The average molecular weight is 309 g/mol. The van der Waals surface area contributed by atoms with Gasteiger partial charge in [0.2, 0.25) is 10.0 Å². The third kappa shape index (κ3) is 2.81. The lowest BCUT2D eigenvalue weighted by molar-refractivity contribution is 0.0220. The lowest BCUT2D eigenvalue weighted by Crippen LogP contribution is -2.45. The Bertz CT molecular complexity index is 735. The van der Waals surface area contributed by atoms with Gasteiger partial charge in [-0.25, -0.2) is 18.1 Å². The summed E-state index contributed by atoms with van der Waals surface area (Å²) in [5.41, 5.74) is 1.43. The molecule has 1 aliphatic carbocycles. The van der Waals surface area contributed by atoms with Crippen LogP contribution in [0.15, 0.2) is 29.4 Å². The van der Waals surface area contributed by atoms with Gasteiger partial charge in [0.1, 0.15) is 0 Å². The summed E-state index contributed by atoms with van der Waals surface area (Å²) in [5.74, 6) is 0. The molecule has 2 aromatic rings. The van der Waals surface area contributed by atoms with Crippen molar-refractivity contribution in [2.24, 2.45) is 5.41 Å². The molecule has 0 bridgehead atoms. The first-order valence-corrected chi connectivity index (χ1v) is 8.45. The molecule has 7 heteroatoms. The summed E-state index contributed by atoms with van der Waals surface area (Å²) in [7, 11) is -1.86. The average Bonchev–Trinajstić information content (AvgIpc) is 2.89. The van der Waals surface area contributed by atoms with E-state index in [-0.39, 0.29) is 10.3 Å². The number of methoxy groups -OCH3 is 1. The van der Waals surface area contributed by atoms with Crippen molar-refractivity contribution in [1.29, 1.82) is 0 Å². The van der Waals surface area contributed by atoms with E-state index in [0.717, 1.165) is 24.8 Å². The van der Waals surface area contributed by atoms with E-state index < -0.39 is 10.0 Å². The molecule has 0 amide bonds. The third-order valence-corrected chi connectivity index (χ3v) is 5.60. The molecule has 0 unspecified atom stereocenters. The van der Waals surface area contributed by atoms with Crippen LogP contribution in [0, 0.1) is 5.41 Å². The second-order valence-electron chi connectivity index (χ2n) is 5.69. The quantitative estimate of drug-likeness (QED) is 0.850. The van der Waals surface area contributed by atoms with Crippen LogP contribution in [0.5, 0.6) is 0 Å². The van der Waals surface area contributed by atoms with Crippen LogP contribution in [0.1, 0.15) is 19.3 Å². The number of nitrogens with one attached hydrogen (secondary N) is 2. The summed E-state index contributed by atoms with van der Waals surface area (Å²) in [6.07, 6.45) is 4.69. The summed E-state index contributed by atoms with van der Waals surface area (Å²) < 4.78 is 32.7. The Kier molecular flexibility index (Phi) is 3.73. The number of hydrogen-bond acceptors (Lipinski definition) is 4. The number of H-pyrrole nitrogens is 1. The van der Waals surface area contributed by atoms with Crippen molar-refractivity contribution in [2.45, 2.75) is 24.2 Å². The van der Waals surface area contributed by atoms with Crippen LogP contribution >= 0.6 is 0 Å². The van der Waals surface area contributed by atoms with Crippen LogP contribution in [0.3, 0.4) is 0 Å². The molecule has 1 aromatic heterocycles. The third-order valence-electron chi connectivity index (χ3n) is 4.20. The minimum absolute atomic E-state index is 0.0418. The Morgan fingerprint density at radius 2 is 2.24 bits per heavy atom. The van der Waals surface area contributed by atoms with Crippen molar-refractivity contribution < 1.29 is 13.2 Å². The van der Waals surface area contributed by atoms with Crippen LogP contribution < -0.4 is 4.72 Å². The second-order valence-corrected chi connectivity index (χ2v) is 7.46. The van der Waals surface area contributed by atoms with Gasteiger partial charge in [0.05, 0.1) is 28.9 Å². The molecular formula is C14H19N3O3S. The lowest BCUT2D eigenvalue weighted by atomic mass is 9.69. The molecule has 114 valence electrons. The highest BCUT2D eigenvalue weighted by atomic mass is 32.2. The van der Waals surface area contributed by atoms with Crippen molar-refractivity contribution in [3.63, 3.8) is 0 Å². The number of imidazole rings is 1. The van der Waals surface area contributed by atoms with Gasteiger partial charge in [0.15, 0.2) is 0 Å². The zero-order chi connectivity index (χ0) is 14.9. The predicted octanol–water partition coefficient (Wildman–Crippen LogP) is 1.66. The van der Waals surface area contributed by atoms with Crippen LogP contribution in [0.4, 0.5) is 0 Å². The maximum Gasteiger partial charge on any atom is 0.240 e. The number of fused-ring (bicyclic) bond motifs is 1. The summed E-state index contributed by atoms with van der Waals surface area (Å²) in [6.45, 7) is 1.01. The van der Waals surface area contributed by atoms with Gasteiger partial charge >= 0.3 is 0 Å². The summed E-state index contributed by atoms with van der Waals surface area (Å²) in [6, 6.07) is 4.89. The standard InChI is InChI=1S/C14H19N3O3S/c1-20-9-14(5-2-6-14)8-17-21(18,19)11-3-4-12-13(7-11)16-10-15-12/h3-4,7,10,17H,2,5-6,8-9H2,1H3,(H,15,16). The number of hydrogen-bond donors (Lipinski definition) is 2. The molecule has 3 rings (SSSR count). The van der Waals surface area contributed by atoms with E-state index in [4.69, 9.17) is 4.74 Å². The molecular weight excluding hydrogens is 290 g/mol. The van der Waals surface area contributed by atoms with E-state index in [0.29, 0.717) is 18.7 Å². The van der Waals surface area contributed by atoms with E-state index in [1.54, 1.807) is 31.6 Å². The van der Waals surface area contributed by atoms with Crippen molar-refractivity contribution in [3.8, 4) is 0 Å². The predicted molar refractivity (Wildman–Crippen MR) is 79.4 cm³/mol. The van der Waals surface area contributed by atoms with Gasteiger partial charge in [-0.2, -0.15) is 0 Å². The molecule has 1 aliphatic rings. The Balaban J connectivity index is 1.76. The number of rotatable bonds is 6. The zero-order valence-electron chi connectivity index (χ0n) is 11.9. The lowest BCUT2D eigenvalue weighted by Gasteiger charge is -2.41. The van der Waals surface area contributed by atoms with Crippen molar-refractivity contribution in [1.82, 2.24) is 14.7 Å². The fraction of sp³-hybridized carbons (Fsp3) is 0.500. The molecule has 1 fully saturated rings. The Labute approximate surface area is 124 Å². The first-order chi connectivity index (χ1) is 10.0. The van der Waals surface area contributed by atoms with E-state index in [1.807, 2.05) is 0 Å². The summed E-state index contributed by atoms with van der Waals surface area (Å²) >= 11 is 0. The van der Waals surface area contributed by atoms with Gasteiger partial charge < -0.3 is 9.72 Å². The van der Waals surface area contributed by atoms with Crippen LogP contribution in [-0.2, 0) is 14.8 Å². The van der Waals surface area contributed by atoms with Gasteiger partial charge in [-0.15, -0.1) is 0 Å². The molecule has 0 aliphatic heterocycles. The van der Waals surface area contributed by atoms with Gasteiger partial charge in [-0.3, -0.25) is 0 Å². The Hall–Kier alpha value is -1.44. The minimum Gasteiger partial charge on any atom is -0.384 e. The first-order valence-electron chi connectivity index (χ1n) is 6.96. The topological polar surface area (TPSA) is 84.1 Å². The largest absolute Gasteiger partial charge is 0.384 e. The van der Waals surface area contributed by atoms with Crippen molar-refractivity contribution >= 4 is 21.1 Å². The summed E-state index contributed by atoms with van der Waals surface area (Å²) in [5, 5.41) is 0. The van der Waals surface area contributed by atoms with Crippen molar-refractivity contribution in [2.75, 3.05) is 20.3 Å². The van der Waals surface area contributed by atoms with E-state index in [9.17, 15) is 8.42 Å². The van der Waals surface area contributed by atoms with Gasteiger partial charge in [-0.1, -0.05) is 6.42 Å². The Morgan fingerprint density at radius 3 is 2.90 bits per heavy atom. The normalized spacial score (nSPS) is 17.8. The number of ether oxygens (including phenoxy) is 1. The number of nitrogens with zero attached hydrogens (tertiary/aromatic N) is 1. The highest BCUT2D eigenvalue weighted by Gasteiger charge is 2.38. The van der Waals surface area contributed by atoms with Crippen LogP contribution in [-0.4, -0.2) is 38.6 Å². The van der Waals surface area contributed by atoms with Crippen LogP contribution in [0.2, 0.25) is 0 Å². The SMILES string of the molecule is COCC1(CNS(=O)(=O)c2ccc3nc[nH]c3c2)CCC1. The second kappa shape index (κ2) is 5.40. The number of sulfonamides is 1. The van der Waals surface area contributed by atoms with E-state index in [2.05, 4.69) is 14.7 Å².